The molecule has 18 heavy (non-hydrogen) atoms. The highest BCUT2D eigenvalue weighted by molar-refractivity contribution is 5.93. The van der Waals surface area contributed by atoms with Crippen molar-refractivity contribution in [2.45, 2.75) is 25.3 Å². The maximum atomic E-state index is 13.1. The van der Waals surface area contributed by atoms with E-state index in [1.165, 1.54) is 0 Å². The van der Waals surface area contributed by atoms with Gasteiger partial charge in [-0.2, -0.15) is 0 Å². The molecule has 0 bridgehead atoms. The highest BCUT2D eigenvalue weighted by Crippen LogP contribution is 2.26. The van der Waals surface area contributed by atoms with Gasteiger partial charge < -0.3 is 15.1 Å². The van der Waals surface area contributed by atoms with Gasteiger partial charge in [-0.25, -0.2) is 14.2 Å². The summed E-state index contributed by atoms with van der Waals surface area (Å²) >= 11 is 0. The van der Waals surface area contributed by atoms with Crippen LogP contribution in [0.2, 0.25) is 0 Å². The molecule has 1 aliphatic heterocycles. The molecule has 6 heteroatoms. The van der Waals surface area contributed by atoms with E-state index >= 15 is 0 Å². The summed E-state index contributed by atoms with van der Waals surface area (Å²) in [5, 5.41) is 18.4. The average Bonchev–Trinajstić information content (AvgIpc) is 2.38. The van der Waals surface area contributed by atoms with E-state index in [0.717, 1.165) is 31.5 Å². The Morgan fingerprint density at radius 3 is 3.00 bits per heavy atom. The lowest BCUT2D eigenvalue weighted by atomic mass is 10.0. The summed E-state index contributed by atoms with van der Waals surface area (Å²) < 4.78 is 13.1. The molecule has 1 atom stereocenters. The fourth-order valence-electron chi connectivity index (χ4n) is 2.29. The van der Waals surface area contributed by atoms with Gasteiger partial charge in [-0.15, -0.1) is 0 Å². The van der Waals surface area contributed by atoms with Crippen LogP contribution in [0.5, 0.6) is 0 Å². The minimum absolute atomic E-state index is 0.0574. The van der Waals surface area contributed by atoms with Crippen molar-refractivity contribution < 1.29 is 19.4 Å². The van der Waals surface area contributed by atoms with Crippen LogP contribution in [0.15, 0.2) is 12.3 Å². The number of anilines is 1. The Hall–Kier alpha value is -1.69. The van der Waals surface area contributed by atoms with Crippen LogP contribution in [0.3, 0.4) is 0 Å². The van der Waals surface area contributed by atoms with E-state index in [2.05, 4.69) is 4.98 Å². The minimum Gasteiger partial charge on any atom is -0.478 e. The smallest absolute Gasteiger partial charge is 0.339 e. The van der Waals surface area contributed by atoms with Gasteiger partial charge in [0, 0.05) is 6.54 Å². The number of aromatic nitrogens is 1. The predicted molar refractivity (Wildman–Crippen MR) is 63.2 cm³/mol. The van der Waals surface area contributed by atoms with E-state index in [9.17, 15) is 14.3 Å². The first-order valence-corrected chi connectivity index (χ1v) is 5.90. The van der Waals surface area contributed by atoms with Crippen molar-refractivity contribution in [1.82, 2.24) is 4.98 Å². The van der Waals surface area contributed by atoms with Crippen LogP contribution in [-0.4, -0.2) is 40.4 Å². The highest BCUT2D eigenvalue weighted by atomic mass is 19.1. The summed E-state index contributed by atoms with van der Waals surface area (Å²) in [7, 11) is 0. The monoisotopic (exact) mass is 254 g/mol. The van der Waals surface area contributed by atoms with Gasteiger partial charge in [-0.3, -0.25) is 0 Å². The standard InChI is InChI=1S/C12H15FN2O3/c13-8-5-10(12(17)18)11(14-6-8)15-4-2-1-3-9(15)7-16/h5-6,9,16H,1-4,7H2,(H,17,18). The van der Waals surface area contributed by atoms with Crippen molar-refractivity contribution in [1.29, 1.82) is 0 Å². The van der Waals surface area contributed by atoms with Crippen LogP contribution in [0.1, 0.15) is 29.6 Å². The normalized spacial score (nSPS) is 19.9. The van der Waals surface area contributed by atoms with Crippen LogP contribution < -0.4 is 4.90 Å². The molecule has 1 aliphatic rings. The zero-order valence-electron chi connectivity index (χ0n) is 9.84. The molecule has 2 heterocycles. The van der Waals surface area contributed by atoms with Crippen LogP contribution >= 0.6 is 0 Å². The van der Waals surface area contributed by atoms with Crippen LogP contribution in [0.4, 0.5) is 10.2 Å². The zero-order valence-corrected chi connectivity index (χ0v) is 9.84. The SMILES string of the molecule is O=C(O)c1cc(F)cnc1N1CCCCC1CO. The van der Waals surface area contributed by atoms with Crippen LogP contribution in [0, 0.1) is 5.82 Å². The summed E-state index contributed by atoms with van der Waals surface area (Å²) in [6.45, 7) is 0.572. The highest BCUT2D eigenvalue weighted by Gasteiger charge is 2.27. The van der Waals surface area contributed by atoms with Crippen molar-refractivity contribution in [2.24, 2.45) is 0 Å². The number of carboxylic acids is 1. The molecule has 0 radical (unpaired) electrons. The third-order valence-corrected chi connectivity index (χ3v) is 3.17. The molecule has 1 saturated heterocycles. The first-order chi connectivity index (χ1) is 8.63. The zero-order chi connectivity index (χ0) is 13.1. The van der Waals surface area contributed by atoms with Gasteiger partial charge >= 0.3 is 5.97 Å². The summed E-state index contributed by atoms with van der Waals surface area (Å²) in [5.41, 5.74) is -0.157. The fraction of sp³-hybridized carbons (Fsp3) is 0.500. The molecule has 0 aromatic carbocycles. The average molecular weight is 254 g/mol. The third-order valence-electron chi connectivity index (χ3n) is 3.17. The Kier molecular flexibility index (Phi) is 3.76. The predicted octanol–water partition coefficient (Wildman–Crippen LogP) is 1.27. The maximum Gasteiger partial charge on any atom is 0.339 e. The molecule has 2 rings (SSSR count). The van der Waals surface area contributed by atoms with E-state index < -0.39 is 11.8 Å². The molecule has 0 amide bonds. The number of piperidine rings is 1. The van der Waals surface area contributed by atoms with E-state index in [0.29, 0.717) is 6.54 Å². The maximum absolute atomic E-state index is 13.1. The molecular weight excluding hydrogens is 239 g/mol. The third kappa shape index (κ3) is 2.43. The molecular formula is C12H15FN2O3. The Morgan fingerprint density at radius 1 is 1.56 bits per heavy atom. The number of hydrogen-bond acceptors (Lipinski definition) is 4. The number of carbonyl (C=O) groups is 1. The summed E-state index contributed by atoms with van der Waals surface area (Å²) in [5.74, 6) is -1.64. The molecule has 2 N–H and O–H groups in total. The lowest BCUT2D eigenvalue weighted by Crippen LogP contribution is -2.43. The van der Waals surface area contributed by atoms with Gasteiger partial charge in [0.2, 0.25) is 0 Å². The van der Waals surface area contributed by atoms with E-state index in [4.69, 9.17) is 5.11 Å². The van der Waals surface area contributed by atoms with E-state index in [1.807, 2.05) is 0 Å². The molecule has 1 aromatic heterocycles. The molecule has 98 valence electrons. The second-order valence-corrected chi connectivity index (χ2v) is 4.36. The number of nitrogens with zero attached hydrogens (tertiary/aromatic N) is 2. The Bertz CT molecular complexity index is 453. The van der Waals surface area contributed by atoms with Gasteiger partial charge in [0.1, 0.15) is 17.2 Å². The minimum atomic E-state index is -1.21. The van der Waals surface area contributed by atoms with Gasteiger partial charge in [-0.05, 0) is 25.3 Å². The first kappa shape index (κ1) is 12.8. The topological polar surface area (TPSA) is 73.7 Å². The summed E-state index contributed by atoms with van der Waals surface area (Å²) in [6.07, 6.45) is 3.69. The van der Waals surface area contributed by atoms with Gasteiger partial charge in [0.25, 0.3) is 0 Å². The summed E-state index contributed by atoms with van der Waals surface area (Å²) in [6, 6.07) is 0.822. The number of hydrogen-bond donors (Lipinski definition) is 2. The number of halogens is 1. The molecule has 1 unspecified atom stereocenters. The summed E-state index contributed by atoms with van der Waals surface area (Å²) in [4.78, 5) is 16.8. The van der Waals surface area contributed by atoms with E-state index in [1.54, 1.807) is 4.90 Å². The number of rotatable bonds is 3. The number of pyridine rings is 1. The van der Waals surface area contributed by atoms with Gasteiger partial charge in [-0.1, -0.05) is 0 Å². The van der Waals surface area contributed by atoms with Crippen molar-refractivity contribution in [3.8, 4) is 0 Å². The molecule has 1 aromatic rings. The molecule has 0 spiro atoms. The second kappa shape index (κ2) is 5.30. The van der Waals surface area contributed by atoms with Gasteiger partial charge in [0.05, 0.1) is 18.8 Å². The lowest BCUT2D eigenvalue weighted by Gasteiger charge is -2.36. The van der Waals surface area contributed by atoms with E-state index in [-0.39, 0.29) is 24.0 Å². The lowest BCUT2D eigenvalue weighted by molar-refractivity contribution is 0.0696. The fourth-order valence-corrected chi connectivity index (χ4v) is 2.29. The quantitative estimate of drug-likeness (QED) is 0.849. The Balaban J connectivity index is 2.39. The van der Waals surface area contributed by atoms with Crippen LogP contribution in [-0.2, 0) is 0 Å². The molecule has 0 aliphatic carbocycles. The first-order valence-electron chi connectivity index (χ1n) is 5.90. The number of aliphatic hydroxyl groups is 1. The number of aliphatic hydroxyl groups excluding tert-OH is 1. The Labute approximate surface area is 104 Å². The number of carboxylic acid groups (broad SMARTS) is 1. The molecule has 5 nitrogen and oxygen atoms in total. The van der Waals surface area contributed by atoms with Gasteiger partial charge in [0.15, 0.2) is 0 Å². The molecule has 0 saturated carbocycles. The van der Waals surface area contributed by atoms with Crippen molar-refractivity contribution >= 4 is 11.8 Å². The molecule has 1 fully saturated rings. The van der Waals surface area contributed by atoms with Crippen molar-refractivity contribution in [2.75, 3.05) is 18.1 Å². The largest absolute Gasteiger partial charge is 0.478 e. The van der Waals surface area contributed by atoms with Crippen molar-refractivity contribution in [3.63, 3.8) is 0 Å². The second-order valence-electron chi connectivity index (χ2n) is 4.36. The van der Waals surface area contributed by atoms with Crippen molar-refractivity contribution in [3.05, 3.63) is 23.6 Å². The Morgan fingerprint density at radius 2 is 2.33 bits per heavy atom. The number of aromatic carboxylic acids is 1. The van der Waals surface area contributed by atoms with Crippen LogP contribution in [0.25, 0.3) is 0 Å².